The van der Waals surface area contributed by atoms with Crippen molar-refractivity contribution in [3.8, 4) is 0 Å². The Morgan fingerprint density at radius 2 is 1.97 bits per heavy atom. The quantitative estimate of drug-likeness (QED) is 0.602. The molecule has 8 heteroatoms. The van der Waals surface area contributed by atoms with E-state index in [1.54, 1.807) is 17.2 Å². The lowest BCUT2D eigenvalue weighted by atomic mass is 9.82. The van der Waals surface area contributed by atoms with Crippen molar-refractivity contribution in [2.45, 2.75) is 58.2 Å². The number of likely N-dealkylation sites (tertiary alicyclic amines) is 1. The van der Waals surface area contributed by atoms with E-state index in [0.29, 0.717) is 18.1 Å². The molecule has 0 aliphatic carbocycles. The van der Waals surface area contributed by atoms with E-state index in [-0.39, 0.29) is 24.5 Å². The van der Waals surface area contributed by atoms with E-state index < -0.39 is 11.1 Å². The molecule has 2 aliphatic rings. The number of amides is 1. The van der Waals surface area contributed by atoms with Gasteiger partial charge in [-0.25, -0.2) is 4.79 Å². The summed E-state index contributed by atoms with van der Waals surface area (Å²) in [4.78, 5) is 35.9. The molecule has 1 fully saturated rings. The minimum absolute atomic E-state index is 0.0635. The number of carbonyl (C=O) groups is 2. The highest BCUT2D eigenvalue weighted by Gasteiger charge is 2.39. The second kappa shape index (κ2) is 8.77. The molecule has 4 rings (SSSR count). The zero-order valence-electron chi connectivity index (χ0n) is 20.8. The number of benzene rings is 1. The summed E-state index contributed by atoms with van der Waals surface area (Å²) < 4.78 is 5.53. The standard InChI is InChI=1S/C26H33ClN4O3/c1-25(2,3)34-24(33)30-10-9-18(15-30)29(6)19-12-20(14-28-13-19)31-16-23(32)21-8-7-17(27)11-22(21)26(31,4)5/h7-8,11-14,18H,9-10,15-16H2,1-6H3. The summed E-state index contributed by atoms with van der Waals surface area (Å²) >= 11 is 6.27. The normalized spacial score (nSPS) is 19.7. The molecule has 0 saturated carbocycles. The smallest absolute Gasteiger partial charge is 0.410 e. The molecular weight excluding hydrogens is 452 g/mol. The van der Waals surface area contributed by atoms with Gasteiger partial charge in [-0.3, -0.25) is 9.78 Å². The Morgan fingerprint density at radius 3 is 2.68 bits per heavy atom. The van der Waals surface area contributed by atoms with Crippen molar-refractivity contribution in [2.24, 2.45) is 0 Å². The number of hydrogen-bond acceptors (Lipinski definition) is 6. The van der Waals surface area contributed by atoms with Crippen LogP contribution in [0.4, 0.5) is 16.2 Å². The summed E-state index contributed by atoms with van der Waals surface area (Å²) in [5.74, 6) is 0.0635. The third kappa shape index (κ3) is 4.71. The number of fused-ring (bicyclic) bond motifs is 1. The number of ketones is 1. The number of halogens is 1. The first-order valence-electron chi connectivity index (χ1n) is 11.6. The van der Waals surface area contributed by atoms with Gasteiger partial charge in [-0.05, 0) is 70.9 Å². The second-order valence-corrected chi connectivity index (χ2v) is 11.1. The van der Waals surface area contributed by atoms with Crippen LogP contribution in [0.5, 0.6) is 0 Å². The summed E-state index contributed by atoms with van der Waals surface area (Å²) in [6.45, 7) is 11.3. The fourth-order valence-corrected chi connectivity index (χ4v) is 4.94. The zero-order chi connectivity index (χ0) is 24.8. The van der Waals surface area contributed by atoms with Crippen LogP contribution < -0.4 is 9.80 Å². The lowest BCUT2D eigenvalue weighted by Gasteiger charge is -2.44. The molecule has 0 N–H and O–H groups in total. The van der Waals surface area contributed by atoms with Crippen LogP contribution in [0.1, 0.15) is 57.0 Å². The van der Waals surface area contributed by atoms with Crippen LogP contribution in [0.15, 0.2) is 36.7 Å². The molecule has 1 unspecified atom stereocenters. The van der Waals surface area contributed by atoms with Crippen LogP contribution in [0.25, 0.3) is 0 Å². The summed E-state index contributed by atoms with van der Waals surface area (Å²) in [7, 11) is 2.02. The topological polar surface area (TPSA) is 66.0 Å². The molecule has 1 amide bonds. The number of carbonyl (C=O) groups excluding carboxylic acids is 2. The molecule has 3 heterocycles. The van der Waals surface area contributed by atoms with Gasteiger partial charge in [0.2, 0.25) is 0 Å². The van der Waals surface area contributed by atoms with Crippen molar-refractivity contribution in [3.63, 3.8) is 0 Å². The molecule has 0 radical (unpaired) electrons. The maximum Gasteiger partial charge on any atom is 0.410 e. The predicted octanol–water partition coefficient (Wildman–Crippen LogP) is 5.12. The lowest BCUT2D eigenvalue weighted by molar-refractivity contribution is 0.0292. The fourth-order valence-electron chi connectivity index (χ4n) is 4.77. The van der Waals surface area contributed by atoms with Crippen molar-refractivity contribution in [1.82, 2.24) is 9.88 Å². The number of hydrogen-bond donors (Lipinski definition) is 0. The molecule has 182 valence electrons. The molecule has 2 aromatic rings. The van der Waals surface area contributed by atoms with Crippen LogP contribution >= 0.6 is 11.6 Å². The summed E-state index contributed by atoms with van der Waals surface area (Å²) in [5, 5.41) is 0.615. The Hall–Kier alpha value is -2.80. The minimum atomic E-state index is -0.513. The lowest BCUT2D eigenvalue weighted by Crippen LogP contribution is -2.49. The number of anilines is 2. The molecule has 1 atom stereocenters. The Kier molecular flexibility index (Phi) is 6.27. The molecular formula is C26H33ClN4O3. The van der Waals surface area contributed by atoms with E-state index in [1.165, 1.54) is 0 Å². The first-order valence-corrected chi connectivity index (χ1v) is 12.0. The average molecular weight is 485 g/mol. The molecule has 2 aliphatic heterocycles. The first-order chi connectivity index (χ1) is 15.9. The second-order valence-electron chi connectivity index (χ2n) is 10.6. The minimum Gasteiger partial charge on any atom is -0.444 e. The average Bonchev–Trinajstić information content (AvgIpc) is 3.25. The Labute approximate surface area is 206 Å². The number of rotatable bonds is 3. The zero-order valence-corrected chi connectivity index (χ0v) is 21.5. The number of aromatic nitrogens is 1. The highest BCUT2D eigenvalue weighted by atomic mass is 35.5. The van der Waals surface area contributed by atoms with Gasteiger partial charge in [0, 0.05) is 36.8 Å². The van der Waals surface area contributed by atoms with Crippen molar-refractivity contribution >= 4 is 34.9 Å². The molecule has 34 heavy (non-hydrogen) atoms. The van der Waals surface area contributed by atoms with Crippen LogP contribution in [0.3, 0.4) is 0 Å². The van der Waals surface area contributed by atoms with E-state index >= 15 is 0 Å². The molecule has 7 nitrogen and oxygen atoms in total. The summed E-state index contributed by atoms with van der Waals surface area (Å²) in [6.07, 6.45) is 4.19. The van der Waals surface area contributed by atoms with E-state index in [1.807, 2.05) is 46.1 Å². The molecule has 1 aromatic heterocycles. The molecule has 0 spiro atoms. The third-order valence-corrected chi connectivity index (χ3v) is 6.94. The van der Waals surface area contributed by atoms with Crippen molar-refractivity contribution in [1.29, 1.82) is 0 Å². The van der Waals surface area contributed by atoms with Crippen molar-refractivity contribution in [2.75, 3.05) is 36.5 Å². The molecule has 1 aromatic carbocycles. The van der Waals surface area contributed by atoms with Gasteiger partial charge >= 0.3 is 6.09 Å². The van der Waals surface area contributed by atoms with Crippen molar-refractivity contribution < 1.29 is 14.3 Å². The summed E-state index contributed by atoms with van der Waals surface area (Å²) in [6, 6.07) is 7.68. The Morgan fingerprint density at radius 1 is 1.24 bits per heavy atom. The number of Topliss-reactive ketones (excluding diaryl/α,β-unsaturated/α-hetero) is 1. The van der Waals surface area contributed by atoms with E-state index in [0.717, 1.165) is 28.9 Å². The highest BCUT2D eigenvalue weighted by molar-refractivity contribution is 6.30. The largest absolute Gasteiger partial charge is 0.444 e. The number of likely N-dealkylation sites (N-methyl/N-ethyl adjacent to an activating group) is 1. The number of ether oxygens (including phenoxy) is 1. The van der Waals surface area contributed by atoms with Crippen LogP contribution in [0, 0.1) is 0 Å². The van der Waals surface area contributed by atoms with Crippen LogP contribution in [0.2, 0.25) is 5.02 Å². The van der Waals surface area contributed by atoms with E-state index in [9.17, 15) is 9.59 Å². The van der Waals surface area contributed by atoms with E-state index in [4.69, 9.17) is 16.3 Å². The van der Waals surface area contributed by atoms with Gasteiger partial charge in [-0.2, -0.15) is 0 Å². The third-order valence-electron chi connectivity index (χ3n) is 6.71. The Bertz CT molecular complexity index is 1110. The van der Waals surface area contributed by atoms with Gasteiger partial charge in [0.05, 0.1) is 35.9 Å². The monoisotopic (exact) mass is 484 g/mol. The van der Waals surface area contributed by atoms with E-state index in [2.05, 4.69) is 34.7 Å². The first kappa shape index (κ1) is 24.3. The van der Waals surface area contributed by atoms with Gasteiger partial charge < -0.3 is 19.4 Å². The summed E-state index contributed by atoms with van der Waals surface area (Å²) in [5.41, 5.74) is 2.50. The molecule has 0 bridgehead atoms. The van der Waals surface area contributed by atoms with Gasteiger partial charge in [-0.1, -0.05) is 11.6 Å². The SMILES string of the molecule is CN(c1cncc(N2CC(=O)c3ccc(Cl)cc3C2(C)C)c1)C1CCN(C(=O)OC(C)(C)C)C1. The van der Waals surface area contributed by atoms with Gasteiger partial charge in [-0.15, -0.1) is 0 Å². The Balaban J connectivity index is 1.55. The molecule has 1 saturated heterocycles. The van der Waals surface area contributed by atoms with Gasteiger partial charge in [0.1, 0.15) is 5.60 Å². The highest BCUT2D eigenvalue weighted by Crippen LogP contribution is 2.40. The van der Waals surface area contributed by atoms with Crippen LogP contribution in [-0.4, -0.2) is 60.1 Å². The van der Waals surface area contributed by atoms with Crippen molar-refractivity contribution in [3.05, 3.63) is 52.8 Å². The van der Waals surface area contributed by atoms with Gasteiger partial charge in [0.15, 0.2) is 5.78 Å². The maximum absolute atomic E-state index is 12.9. The number of pyridine rings is 1. The fraction of sp³-hybridized carbons (Fsp3) is 0.500. The maximum atomic E-state index is 12.9. The van der Waals surface area contributed by atoms with Crippen LogP contribution in [-0.2, 0) is 10.3 Å². The van der Waals surface area contributed by atoms with Gasteiger partial charge in [0.25, 0.3) is 0 Å². The predicted molar refractivity (Wildman–Crippen MR) is 135 cm³/mol. The number of nitrogens with zero attached hydrogens (tertiary/aromatic N) is 4.